The molecule has 24 heteroatoms. The van der Waals surface area contributed by atoms with E-state index in [1.807, 2.05) is 119 Å². The second kappa shape index (κ2) is 47.3. The lowest BCUT2D eigenvalue weighted by molar-refractivity contribution is -0.160. The fourth-order valence-corrected chi connectivity index (χ4v) is 14.5. The third kappa shape index (κ3) is 37.1. The van der Waals surface area contributed by atoms with Gasteiger partial charge in [-0.05, 0) is 206 Å². The zero-order valence-electron chi connectivity index (χ0n) is 94.3. The average Bonchev–Trinajstić information content (AvgIpc) is 1.47. The number of furan rings is 2. The monoisotopic (exact) mass is 1980 g/mol. The lowest BCUT2D eigenvalue weighted by Crippen LogP contribution is -2.62. The average molecular weight is 1980 g/mol. The number of halogens is 5. The smallest absolute Gasteiger partial charge is 0.436 e. The van der Waals surface area contributed by atoms with Crippen molar-refractivity contribution in [3.05, 3.63) is 298 Å². The molecule has 0 spiro atoms. The van der Waals surface area contributed by atoms with Gasteiger partial charge in [0.25, 0.3) is 5.92 Å². The first-order valence-corrected chi connectivity index (χ1v) is 49.7. The SMILES string of the molecule is CC(C)(C)N1CC(F)(F)C1.CC(C)(C)c1ccc2c(c1)NC(=O)C2.CC(C)(C)c1ccc2ccoc2c1.CC(C)(C)c1ccc2ncoc2c1.CC(C)(C)c1cn[nH]c1.CC(C)(C)c1cnc2ccccc2c1.CC(C)(C)c1ocnc1C(F)(F)F.CN1Cc2ccc(C(C)(C)C)cc2C1.Cc1coc(C(C)(C)C)c1.Cc1coc(C(C)(C)C)n1.Cn1cc(C(C)(C)C)cn1.Cn1ncc2ccc(C(C)(C)C)cc21. The minimum Gasteiger partial charge on any atom is -0.469 e. The largest absolute Gasteiger partial charge is 0.469 e. The molecule has 3 aliphatic rings. The normalized spacial score (nSPS) is 14.0. The van der Waals surface area contributed by atoms with Gasteiger partial charge in [-0.25, -0.2) is 23.7 Å². The van der Waals surface area contributed by atoms with E-state index in [0.717, 1.165) is 70.3 Å². The van der Waals surface area contributed by atoms with Crippen molar-refractivity contribution in [2.45, 2.75) is 360 Å². The first-order valence-electron chi connectivity index (χ1n) is 49.7. The summed E-state index contributed by atoms with van der Waals surface area (Å²) in [5.41, 5.74) is 22.9. The first kappa shape index (κ1) is 119. The van der Waals surface area contributed by atoms with Gasteiger partial charge in [0.1, 0.15) is 28.9 Å². The molecule has 12 heterocycles. The van der Waals surface area contributed by atoms with E-state index >= 15 is 0 Å². The summed E-state index contributed by atoms with van der Waals surface area (Å²) in [5, 5.41) is 21.5. The Morgan fingerprint density at radius 3 is 1.38 bits per heavy atom. The summed E-state index contributed by atoms with van der Waals surface area (Å²) in [5.74, 6) is -0.575. The minimum absolute atomic E-state index is 0.0360. The van der Waals surface area contributed by atoms with Gasteiger partial charge in [-0.15, -0.1) is 0 Å². The van der Waals surface area contributed by atoms with Gasteiger partial charge in [-0.3, -0.25) is 34.0 Å². The lowest BCUT2D eigenvalue weighted by Gasteiger charge is -2.47. The van der Waals surface area contributed by atoms with E-state index in [1.165, 1.54) is 89.3 Å². The number of oxazole rings is 3. The number of hydrogen-bond acceptors (Lipinski definition) is 15. The van der Waals surface area contributed by atoms with Gasteiger partial charge in [0.15, 0.2) is 30.0 Å². The number of carbonyl (C=O) groups excluding carboxylic acids is 1. The van der Waals surface area contributed by atoms with Gasteiger partial charge >= 0.3 is 6.18 Å². The standard InChI is InChI=1S/C13H19N.C13H15N.C12H16N2.C12H15NO.C12H14O.C11H13NO.C9H14O.C8H10F3NO.C8H14N2.C8H13NO.C7H13F2N.C7H12N2/c1-13(2,3)12-6-5-10-8-14(4)9-11(10)7-12;1-13(2,3)11-8-10-6-4-5-7-12(10)14-9-11;1-12(2,3)10-6-5-9-8-13-14(4)11(9)7-10;1-12(2,3)9-5-4-8-6-11(14)13-10(8)7-9;1-12(2,3)10-5-4-9-6-7-13-11(9)8-10;1-11(2,3)8-4-5-9-10(6-8)13-7-12-9;1-7-5-8(10-6-7)9(2,3)4;1-7(2,3)6-5(8(9,10)11)12-4-13-6;1-8(2,3)7-5-9-10(4)6-7;1-6-5-10-7(9-6)8(2,3)4;1-6(2,3)10-4-7(8,9)5-10;1-7(2,3)6-4-8-9-5-6/h5-7H,8-9H2,1-4H3;4-9H,1-3H3;5-8H,1-4H3;4-5,7H,6H2,1-3H3,(H,13,14);4-8H,1-3H3;4-7H,1-3H3;5-6H,1-4H3;4H,1-3H3;5-6H,1-4H3;5H,1-4H3;4-5H2,1-3H3;4-5H,1-3H3,(H,8,9). The molecule has 15 aromatic rings. The van der Waals surface area contributed by atoms with Crippen LogP contribution in [0.25, 0.3) is 43.9 Å². The van der Waals surface area contributed by atoms with Crippen LogP contribution in [0.2, 0.25) is 0 Å². The van der Waals surface area contributed by atoms with Gasteiger partial charge in [0.05, 0.1) is 67.4 Å². The van der Waals surface area contributed by atoms with Gasteiger partial charge in [0.2, 0.25) is 5.91 Å². The number of H-pyrrole nitrogens is 1. The number of likely N-dealkylation sites (tertiary alicyclic amines) is 1. The molecule has 19 nitrogen and oxygen atoms in total. The Morgan fingerprint density at radius 2 is 0.931 bits per heavy atom. The van der Waals surface area contributed by atoms with E-state index in [9.17, 15) is 26.7 Å². The highest BCUT2D eigenvalue weighted by atomic mass is 19.4. The van der Waals surface area contributed by atoms with E-state index in [-0.39, 0.29) is 84.4 Å². The Balaban J connectivity index is 0.000000214. The Morgan fingerprint density at radius 1 is 0.410 bits per heavy atom. The summed E-state index contributed by atoms with van der Waals surface area (Å²) in [6.07, 6.45) is 15.2. The Labute approximate surface area is 856 Å². The molecule has 1 fully saturated rings. The number of carbonyl (C=O) groups is 1. The summed E-state index contributed by atoms with van der Waals surface area (Å²) in [4.78, 5) is 31.2. The highest BCUT2D eigenvalue weighted by Gasteiger charge is 2.48. The molecule has 0 radical (unpaired) electrons. The van der Waals surface area contributed by atoms with Crippen molar-refractivity contribution in [1.82, 2.24) is 59.5 Å². The van der Waals surface area contributed by atoms with Crippen LogP contribution in [0.4, 0.5) is 27.6 Å². The molecule has 6 aromatic carbocycles. The Kier molecular flexibility index (Phi) is 39.2. The number of pyridine rings is 1. The third-order valence-corrected chi connectivity index (χ3v) is 24.1. The number of aromatic amines is 1. The van der Waals surface area contributed by atoms with E-state index in [4.69, 9.17) is 22.1 Å². The van der Waals surface area contributed by atoms with Crippen molar-refractivity contribution >= 4 is 55.5 Å². The predicted molar refractivity (Wildman–Crippen MR) is 583 cm³/mol. The maximum absolute atomic E-state index is 12.3. The van der Waals surface area contributed by atoms with Crippen LogP contribution < -0.4 is 5.32 Å². The second-order valence-corrected chi connectivity index (χ2v) is 50.3. The number of alkyl halides is 5. The number of anilines is 1. The fraction of sp³-hybridized carbons (Fsp3) is 0.500. The lowest BCUT2D eigenvalue weighted by atomic mass is 9.85. The van der Waals surface area contributed by atoms with Crippen LogP contribution in [-0.4, -0.2) is 97.0 Å². The van der Waals surface area contributed by atoms with E-state index in [1.54, 1.807) is 44.5 Å². The second-order valence-electron chi connectivity index (χ2n) is 50.3. The highest BCUT2D eigenvalue weighted by molar-refractivity contribution is 5.99. The van der Waals surface area contributed by atoms with Gasteiger partial charge in [0, 0.05) is 89.4 Å². The van der Waals surface area contributed by atoms with Crippen molar-refractivity contribution in [2.75, 3.05) is 25.5 Å². The van der Waals surface area contributed by atoms with Gasteiger partial charge < -0.3 is 27.4 Å². The van der Waals surface area contributed by atoms with Crippen molar-refractivity contribution in [3.8, 4) is 0 Å². The third-order valence-electron chi connectivity index (χ3n) is 24.1. The van der Waals surface area contributed by atoms with Crippen LogP contribution in [0.1, 0.15) is 345 Å². The molecular formula is C120H168F5N13O6. The quantitative estimate of drug-likeness (QED) is 0.135. The maximum atomic E-state index is 12.3. The minimum atomic E-state index is -4.43. The van der Waals surface area contributed by atoms with Crippen molar-refractivity contribution < 1.29 is 48.8 Å². The molecule has 784 valence electrons. The van der Waals surface area contributed by atoms with Crippen LogP contribution in [0.5, 0.6) is 0 Å². The molecule has 144 heavy (non-hydrogen) atoms. The summed E-state index contributed by atoms with van der Waals surface area (Å²) in [6, 6.07) is 46.8. The molecule has 2 N–H and O–H groups in total. The summed E-state index contributed by atoms with van der Waals surface area (Å²) >= 11 is 0. The molecule has 1 saturated heterocycles. The first-order chi connectivity index (χ1) is 65.8. The number of rotatable bonds is 0. The van der Waals surface area contributed by atoms with Crippen LogP contribution in [-0.2, 0) is 104 Å². The molecule has 9 aromatic heterocycles. The number of aryl methyl sites for hydroxylation is 4. The van der Waals surface area contributed by atoms with Crippen LogP contribution in [0.15, 0.2) is 224 Å². The molecule has 0 atom stereocenters. The Bertz CT molecular complexity index is 6300. The number of nitrogens with zero attached hydrogens (tertiary/aromatic N) is 11. The molecule has 3 aliphatic heterocycles. The van der Waals surface area contributed by atoms with Crippen molar-refractivity contribution in [1.29, 1.82) is 0 Å². The van der Waals surface area contributed by atoms with Crippen molar-refractivity contribution in [2.24, 2.45) is 14.1 Å². The van der Waals surface area contributed by atoms with Crippen LogP contribution >= 0.6 is 0 Å². The summed E-state index contributed by atoms with van der Waals surface area (Å²) in [7, 11) is 6.10. The number of aromatic nitrogens is 10. The zero-order chi connectivity index (χ0) is 109. The van der Waals surface area contributed by atoms with Crippen molar-refractivity contribution in [3.63, 3.8) is 0 Å². The van der Waals surface area contributed by atoms with E-state index in [2.05, 4.69) is 375 Å². The number of para-hydroxylation sites is 1. The maximum Gasteiger partial charge on any atom is 0.436 e. The molecule has 0 bridgehead atoms. The van der Waals surface area contributed by atoms with Crippen LogP contribution in [0.3, 0.4) is 0 Å². The molecule has 1 amide bonds. The fourth-order valence-electron chi connectivity index (χ4n) is 14.5. The zero-order valence-corrected chi connectivity index (χ0v) is 94.3. The number of nitrogens with one attached hydrogen (secondary N) is 2. The summed E-state index contributed by atoms with van der Waals surface area (Å²) in [6.45, 7) is 82.3. The van der Waals surface area contributed by atoms with Gasteiger partial charge in [-0.2, -0.15) is 28.5 Å². The molecule has 0 unspecified atom stereocenters. The topological polar surface area (TPSA) is 217 Å². The molecular weight excluding hydrogens is 1810 g/mol. The number of fused-ring (bicyclic) bond motifs is 6. The molecule has 0 aliphatic carbocycles. The molecule has 0 saturated carbocycles. The van der Waals surface area contributed by atoms with Gasteiger partial charge in [-0.1, -0.05) is 307 Å². The number of benzene rings is 6. The Hall–Kier alpha value is -11.6. The highest BCUT2D eigenvalue weighted by Crippen LogP contribution is 2.39. The number of hydrogen-bond donors (Lipinski definition) is 2. The van der Waals surface area contributed by atoms with E-state index in [0.29, 0.717) is 6.42 Å². The van der Waals surface area contributed by atoms with Crippen LogP contribution in [0, 0.1) is 13.8 Å². The van der Waals surface area contributed by atoms with E-state index < -0.39 is 23.2 Å². The number of amides is 1. The summed E-state index contributed by atoms with van der Waals surface area (Å²) < 4.78 is 91.0. The predicted octanol–water partition coefficient (Wildman–Crippen LogP) is 32.0. The molecule has 18 rings (SSSR count).